The summed E-state index contributed by atoms with van der Waals surface area (Å²) in [6.07, 6.45) is 7.76. The third-order valence-corrected chi connectivity index (χ3v) is 3.50. The number of ketones is 1. The highest BCUT2D eigenvalue weighted by Gasteiger charge is 2.13. The fourth-order valence-electron chi connectivity index (χ4n) is 2.45. The van der Waals surface area contributed by atoms with E-state index in [1.165, 1.54) is 38.5 Å². The van der Waals surface area contributed by atoms with Crippen LogP contribution in [0.15, 0.2) is 30.3 Å². The van der Waals surface area contributed by atoms with Crippen LogP contribution < -0.4 is 5.32 Å². The lowest BCUT2D eigenvalue weighted by Crippen LogP contribution is -2.33. The van der Waals surface area contributed by atoms with Crippen molar-refractivity contribution in [3.8, 4) is 0 Å². The second kappa shape index (κ2) is 6.55. The van der Waals surface area contributed by atoms with Crippen molar-refractivity contribution < 1.29 is 4.79 Å². The van der Waals surface area contributed by atoms with Crippen LogP contribution in [0.3, 0.4) is 0 Å². The molecule has 1 aromatic carbocycles. The van der Waals surface area contributed by atoms with E-state index in [1.54, 1.807) is 0 Å². The molecule has 0 bridgehead atoms. The SMILES string of the molecule is O=C(CNC1CCCCCC1)c1ccccc1. The molecule has 1 fully saturated rings. The van der Waals surface area contributed by atoms with E-state index in [0.29, 0.717) is 12.6 Å². The van der Waals surface area contributed by atoms with E-state index in [-0.39, 0.29) is 5.78 Å². The quantitative estimate of drug-likeness (QED) is 0.637. The van der Waals surface area contributed by atoms with Crippen LogP contribution in [0.5, 0.6) is 0 Å². The first-order chi connectivity index (χ1) is 8.36. The predicted octanol–water partition coefficient (Wildman–Crippen LogP) is 3.18. The molecule has 1 aromatic rings. The van der Waals surface area contributed by atoms with Gasteiger partial charge in [-0.2, -0.15) is 0 Å². The smallest absolute Gasteiger partial charge is 0.176 e. The lowest BCUT2D eigenvalue weighted by atomic mass is 10.1. The molecule has 0 saturated heterocycles. The molecule has 1 aliphatic carbocycles. The van der Waals surface area contributed by atoms with E-state index in [2.05, 4.69) is 5.32 Å². The summed E-state index contributed by atoms with van der Waals surface area (Å²) < 4.78 is 0. The Hall–Kier alpha value is -1.15. The number of benzene rings is 1. The molecule has 1 aliphatic rings. The van der Waals surface area contributed by atoms with Crippen molar-refractivity contribution in [3.05, 3.63) is 35.9 Å². The number of Topliss-reactive ketones (excluding diaryl/α,β-unsaturated/α-hetero) is 1. The number of hydrogen-bond donors (Lipinski definition) is 1. The molecule has 0 aliphatic heterocycles. The third-order valence-electron chi connectivity index (χ3n) is 3.50. The molecule has 1 N–H and O–H groups in total. The fourth-order valence-corrected chi connectivity index (χ4v) is 2.45. The molecule has 0 aromatic heterocycles. The Balaban J connectivity index is 1.79. The van der Waals surface area contributed by atoms with Crippen LogP contribution in [0.2, 0.25) is 0 Å². The average molecular weight is 231 g/mol. The highest BCUT2D eigenvalue weighted by molar-refractivity contribution is 5.97. The largest absolute Gasteiger partial charge is 0.307 e. The van der Waals surface area contributed by atoms with Gasteiger partial charge in [0.1, 0.15) is 0 Å². The molecule has 0 amide bonds. The van der Waals surface area contributed by atoms with Crippen molar-refractivity contribution in [3.63, 3.8) is 0 Å². The van der Waals surface area contributed by atoms with Crippen molar-refractivity contribution in [2.75, 3.05) is 6.54 Å². The summed E-state index contributed by atoms with van der Waals surface area (Å²) in [5.41, 5.74) is 0.814. The Morgan fingerprint density at radius 3 is 2.35 bits per heavy atom. The molecule has 92 valence electrons. The summed E-state index contributed by atoms with van der Waals surface area (Å²) in [4.78, 5) is 11.9. The summed E-state index contributed by atoms with van der Waals surface area (Å²) in [6.45, 7) is 0.481. The van der Waals surface area contributed by atoms with E-state index in [9.17, 15) is 4.79 Å². The molecule has 17 heavy (non-hydrogen) atoms. The molecular weight excluding hydrogens is 210 g/mol. The average Bonchev–Trinajstić information content (AvgIpc) is 2.65. The Kier molecular flexibility index (Phi) is 4.75. The highest BCUT2D eigenvalue weighted by Crippen LogP contribution is 2.17. The third kappa shape index (κ3) is 3.97. The van der Waals surface area contributed by atoms with Gasteiger partial charge in [-0.25, -0.2) is 0 Å². The Morgan fingerprint density at radius 1 is 1.06 bits per heavy atom. The number of hydrogen-bond acceptors (Lipinski definition) is 2. The molecule has 2 heteroatoms. The van der Waals surface area contributed by atoms with Gasteiger partial charge in [0.15, 0.2) is 5.78 Å². The summed E-state index contributed by atoms with van der Waals surface area (Å²) in [5, 5.41) is 3.41. The van der Waals surface area contributed by atoms with Gasteiger partial charge >= 0.3 is 0 Å². The first-order valence-corrected chi connectivity index (χ1v) is 6.68. The zero-order chi connectivity index (χ0) is 11.9. The lowest BCUT2D eigenvalue weighted by molar-refractivity contribution is 0.0986. The van der Waals surface area contributed by atoms with Crippen molar-refractivity contribution in [1.29, 1.82) is 0 Å². The minimum atomic E-state index is 0.204. The van der Waals surface area contributed by atoms with Gasteiger partial charge in [0.25, 0.3) is 0 Å². The minimum absolute atomic E-state index is 0.204. The van der Waals surface area contributed by atoms with E-state index in [1.807, 2.05) is 30.3 Å². The van der Waals surface area contributed by atoms with E-state index < -0.39 is 0 Å². The van der Waals surface area contributed by atoms with Crippen molar-refractivity contribution >= 4 is 5.78 Å². The minimum Gasteiger partial charge on any atom is -0.307 e. The van der Waals surface area contributed by atoms with E-state index in [4.69, 9.17) is 0 Å². The first kappa shape index (κ1) is 12.3. The van der Waals surface area contributed by atoms with E-state index >= 15 is 0 Å². The number of carbonyl (C=O) groups excluding carboxylic acids is 1. The van der Waals surface area contributed by atoms with Crippen LogP contribution in [0.1, 0.15) is 48.9 Å². The number of rotatable bonds is 4. The molecule has 0 heterocycles. The lowest BCUT2D eigenvalue weighted by Gasteiger charge is -2.15. The van der Waals surface area contributed by atoms with E-state index in [0.717, 1.165) is 5.56 Å². The number of carbonyl (C=O) groups is 1. The van der Waals surface area contributed by atoms with Crippen LogP contribution in [0.25, 0.3) is 0 Å². The fraction of sp³-hybridized carbons (Fsp3) is 0.533. The normalized spacial score (nSPS) is 17.6. The highest BCUT2D eigenvalue weighted by atomic mass is 16.1. The van der Waals surface area contributed by atoms with Gasteiger partial charge in [-0.05, 0) is 12.8 Å². The van der Waals surface area contributed by atoms with Gasteiger partial charge in [-0.1, -0.05) is 56.0 Å². The van der Waals surface area contributed by atoms with Gasteiger partial charge in [0.05, 0.1) is 6.54 Å². The maximum Gasteiger partial charge on any atom is 0.176 e. The first-order valence-electron chi connectivity index (χ1n) is 6.68. The number of nitrogens with one attached hydrogen (secondary N) is 1. The van der Waals surface area contributed by atoms with Gasteiger partial charge < -0.3 is 5.32 Å². The summed E-state index contributed by atoms with van der Waals surface area (Å²) in [6, 6.07) is 10.1. The van der Waals surface area contributed by atoms with Gasteiger partial charge in [0, 0.05) is 11.6 Å². The Bertz CT molecular complexity index is 339. The molecule has 2 nitrogen and oxygen atoms in total. The zero-order valence-corrected chi connectivity index (χ0v) is 10.3. The van der Waals surface area contributed by atoms with Gasteiger partial charge in [0.2, 0.25) is 0 Å². The zero-order valence-electron chi connectivity index (χ0n) is 10.3. The van der Waals surface area contributed by atoms with Crippen LogP contribution in [-0.2, 0) is 0 Å². The maximum absolute atomic E-state index is 11.9. The predicted molar refractivity (Wildman–Crippen MR) is 70.3 cm³/mol. The van der Waals surface area contributed by atoms with Gasteiger partial charge in [-0.15, -0.1) is 0 Å². The molecule has 0 atom stereocenters. The Morgan fingerprint density at radius 2 is 1.71 bits per heavy atom. The van der Waals surface area contributed by atoms with Gasteiger partial charge in [-0.3, -0.25) is 4.79 Å². The summed E-state index contributed by atoms with van der Waals surface area (Å²) in [5.74, 6) is 0.204. The molecular formula is C15H21NO. The summed E-state index contributed by atoms with van der Waals surface area (Å²) >= 11 is 0. The molecule has 0 spiro atoms. The summed E-state index contributed by atoms with van der Waals surface area (Å²) in [7, 11) is 0. The van der Waals surface area contributed by atoms with Crippen LogP contribution in [-0.4, -0.2) is 18.4 Å². The van der Waals surface area contributed by atoms with Crippen LogP contribution in [0, 0.1) is 0 Å². The van der Waals surface area contributed by atoms with Crippen LogP contribution >= 0.6 is 0 Å². The van der Waals surface area contributed by atoms with Crippen molar-refractivity contribution in [2.45, 2.75) is 44.6 Å². The topological polar surface area (TPSA) is 29.1 Å². The molecule has 1 saturated carbocycles. The monoisotopic (exact) mass is 231 g/mol. The molecule has 0 radical (unpaired) electrons. The second-order valence-corrected chi connectivity index (χ2v) is 4.86. The Labute approximate surface area is 103 Å². The molecule has 0 unspecified atom stereocenters. The van der Waals surface area contributed by atoms with Crippen LogP contribution in [0.4, 0.5) is 0 Å². The second-order valence-electron chi connectivity index (χ2n) is 4.86. The molecule has 2 rings (SSSR count). The maximum atomic E-state index is 11.9. The van der Waals surface area contributed by atoms with Crippen molar-refractivity contribution in [2.24, 2.45) is 0 Å². The van der Waals surface area contributed by atoms with Crippen molar-refractivity contribution in [1.82, 2.24) is 5.32 Å². The standard InChI is InChI=1S/C15H21NO/c17-15(13-8-4-3-5-9-13)12-16-14-10-6-1-2-7-11-14/h3-5,8-9,14,16H,1-2,6-7,10-12H2.